The number of phenolic OH excluding ortho intramolecular Hbond substituents is 1. The highest BCUT2D eigenvalue weighted by Gasteiger charge is 2.46. The molecule has 5 rings (SSSR count). The first-order valence-electron chi connectivity index (χ1n) is 10.7. The van der Waals surface area contributed by atoms with Crippen LogP contribution < -0.4 is 0 Å². The monoisotopic (exact) mass is 429 g/mol. The maximum atomic E-state index is 13.1. The summed E-state index contributed by atoms with van der Waals surface area (Å²) in [5.41, 5.74) is 3.63. The fourth-order valence-corrected chi connectivity index (χ4v) is 4.65. The number of benzene rings is 2. The van der Waals surface area contributed by atoms with Crippen LogP contribution in [-0.2, 0) is 29.0 Å². The van der Waals surface area contributed by atoms with Gasteiger partial charge in [0.1, 0.15) is 17.3 Å². The molecule has 1 amide bonds. The average Bonchev–Trinajstić information content (AvgIpc) is 3.41. The van der Waals surface area contributed by atoms with Gasteiger partial charge >= 0.3 is 0 Å². The first-order valence-corrected chi connectivity index (χ1v) is 10.7. The SMILES string of the molecule is O=C1C(=O)N(Cc2ccco2)C(c2ccc(O)cc2)/C1=C(/O)c1ccc2c(c1)CCCC2. The number of hydrogen-bond donors (Lipinski definition) is 2. The number of rotatable bonds is 4. The highest BCUT2D eigenvalue weighted by molar-refractivity contribution is 6.46. The summed E-state index contributed by atoms with van der Waals surface area (Å²) in [6.45, 7) is 0.0874. The lowest BCUT2D eigenvalue weighted by molar-refractivity contribution is -0.140. The number of nitrogens with zero attached hydrogens (tertiary/aromatic N) is 1. The summed E-state index contributed by atoms with van der Waals surface area (Å²) in [6.07, 6.45) is 5.70. The summed E-state index contributed by atoms with van der Waals surface area (Å²) in [7, 11) is 0. The zero-order chi connectivity index (χ0) is 22.2. The van der Waals surface area contributed by atoms with E-state index in [1.165, 1.54) is 34.4 Å². The van der Waals surface area contributed by atoms with Crippen LogP contribution in [0.3, 0.4) is 0 Å². The molecular weight excluding hydrogens is 406 g/mol. The lowest BCUT2D eigenvalue weighted by Gasteiger charge is -2.24. The Hall–Kier alpha value is -3.80. The number of phenols is 1. The number of aromatic hydroxyl groups is 1. The van der Waals surface area contributed by atoms with E-state index in [2.05, 4.69) is 0 Å². The van der Waals surface area contributed by atoms with Gasteiger partial charge in [0.25, 0.3) is 11.7 Å². The number of likely N-dealkylation sites (tertiary alicyclic amines) is 1. The molecule has 0 saturated carbocycles. The molecule has 2 N–H and O–H groups in total. The molecule has 2 heterocycles. The lowest BCUT2D eigenvalue weighted by atomic mass is 9.88. The van der Waals surface area contributed by atoms with Crippen molar-refractivity contribution in [1.29, 1.82) is 0 Å². The van der Waals surface area contributed by atoms with E-state index in [-0.39, 0.29) is 23.6 Å². The van der Waals surface area contributed by atoms with Crippen LogP contribution in [0.4, 0.5) is 0 Å². The topological polar surface area (TPSA) is 91.0 Å². The smallest absolute Gasteiger partial charge is 0.296 e. The van der Waals surface area contributed by atoms with E-state index in [0.29, 0.717) is 16.9 Å². The van der Waals surface area contributed by atoms with Crippen LogP contribution in [-0.4, -0.2) is 26.8 Å². The fraction of sp³-hybridized carbons (Fsp3) is 0.231. The van der Waals surface area contributed by atoms with E-state index in [1.807, 2.05) is 18.2 Å². The van der Waals surface area contributed by atoms with Crippen molar-refractivity contribution >= 4 is 17.4 Å². The number of hydrogen-bond acceptors (Lipinski definition) is 5. The molecule has 162 valence electrons. The standard InChI is InChI=1S/C26H23NO5/c28-20-11-9-17(10-12-20)23-22(25(30)26(31)27(23)15-21-6-3-13-32-21)24(29)19-8-7-16-4-1-2-5-18(16)14-19/h3,6-14,23,28-29H,1-2,4-5,15H2/b24-22-. The number of furan rings is 1. The first-order chi connectivity index (χ1) is 15.5. The van der Waals surface area contributed by atoms with Crippen molar-refractivity contribution in [2.45, 2.75) is 38.3 Å². The Bertz CT molecular complexity index is 1210. The van der Waals surface area contributed by atoms with Crippen LogP contribution >= 0.6 is 0 Å². The maximum Gasteiger partial charge on any atom is 0.296 e. The molecule has 1 atom stereocenters. The van der Waals surface area contributed by atoms with Gasteiger partial charge in [-0.1, -0.05) is 24.3 Å². The van der Waals surface area contributed by atoms with Crippen molar-refractivity contribution in [3.63, 3.8) is 0 Å². The van der Waals surface area contributed by atoms with Crippen LogP contribution in [0.5, 0.6) is 5.75 Å². The van der Waals surface area contributed by atoms with E-state index >= 15 is 0 Å². The minimum atomic E-state index is -0.795. The molecule has 0 spiro atoms. The first kappa shape index (κ1) is 20.1. The Morgan fingerprint density at radius 2 is 1.75 bits per heavy atom. The van der Waals surface area contributed by atoms with Gasteiger partial charge in [-0.2, -0.15) is 0 Å². The second-order valence-corrected chi connectivity index (χ2v) is 8.29. The Balaban J connectivity index is 1.63. The molecule has 1 saturated heterocycles. The van der Waals surface area contributed by atoms with Gasteiger partial charge in [-0.25, -0.2) is 0 Å². The van der Waals surface area contributed by atoms with Crippen molar-refractivity contribution in [2.75, 3.05) is 0 Å². The summed E-state index contributed by atoms with van der Waals surface area (Å²) >= 11 is 0. The van der Waals surface area contributed by atoms with Crippen molar-refractivity contribution in [1.82, 2.24) is 4.90 Å². The number of aryl methyl sites for hydroxylation is 2. The van der Waals surface area contributed by atoms with Crippen molar-refractivity contribution in [2.24, 2.45) is 0 Å². The zero-order valence-corrected chi connectivity index (χ0v) is 17.5. The van der Waals surface area contributed by atoms with E-state index in [1.54, 1.807) is 24.3 Å². The van der Waals surface area contributed by atoms with Gasteiger partial charge in [0, 0.05) is 5.56 Å². The molecule has 1 fully saturated rings. The normalized spacial score (nSPS) is 19.9. The number of ketones is 1. The number of Topliss-reactive ketones (excluding diaryl/α,β-unsaturated/α-hetero) is 1. The summed E-state index contributed by atoms with van der Waals surface area (Å²) in [5.74, 6) is -1.00. The number of amides is 1. The van der Waals surface area contributed by atoms with Gasteiger partial charge in [0.05, 0.1) is 24.4 Å². The minimum absolute atomic E-state index is 0.0444. The molecule has 2 aromatic carbocycles. The predicted molar refractivity (Wildman–Crippen MR) is 118 cm³/mol. The van der Waals surface area contributed by atoms with Gasteiger partial charge in [0.2, 0.25) is 0 Å². The molecule has 0 radical (unpaired) electrons. The van der Waals surface area contributed by atoms with Crippen molar-refractivity contribution in [3.8, 4) is 5.75 Å². The third-order valence-corrected chi connectivity index (χ3v) is 6.28. The van der Waals surface area contributed by atoms with Crippen LogP contribution in [0.25, 0.3) is 5.76 Å². The second-order valence-electron chi connectivity index (χ2n) is 8.29. The molecule has 1 unspecified atom stereocenters. The zero-order valence-electron chi connectivity index (χ0n) is 17.5. The van der Waals surface area contributed by atoms with Crippen LogP contribution in [0.2, 0.25) is 0 Å². The van der Waals surface area contributed by atoms with Gasteiger partial charge in [-0.15, -0.1) is 0 Å². The lowest BCUT2D eigenvalue weighted by Crippen LogP contribution is -2.29. The quantitative estimate of drug-likeness (QED) is 0.362. The number of carbonyl (C=O) groups is 2. The molecule has 1 aliphatic heterocycles. The third kappa shape index (κ3) is 3.47. The molecular formula is C26H23NO5. The number of aliphatic hydroxyl groups excluding tert-OH is 1. The minimum Gasteiger partial charge on any atom is -0.508 e. The number of carbonyl (C=O) groups excluding carboxylic acids is 2. The van der Waals surface area contributed by atoms with Crippen LogP contribution in [0, 0.1) is 0 Å². The van der Waals surface area contributed by atoms with E-state index in [9.17, 15) is 19.8 Å². The molecule has 3 aromatic rings. The van der Waals surface area contributed by atoms with E-state index < -0.39 is 17.7 Å². The summed E-state index contributed by atoms with van der Waals surface area (Å²) in [5, 5.41) is 21.0. The van der Waals surface area contributed by atoms with Crippen LogP contribution in [0.1, 0.15) is 46.9 Å². The fourth-order valence-electron chi connectivity index (χ4n) is 4.65. The van der Waals surface area contributed by atoms with E-state index in [0.717, 1.165) is 25.7 Å². The number of aliphatic hydroxyl groups is 1. The third-order valence-electron chi connectivity index (χ3n) is 6.28. The summed E-state index contributed by atoms with van der Waals surface area (Å²) in [4.78, 5) is 27.5. The van der Waals surface area contributed by atoms with Gasteiger partial charge < -0.3 is 19.5 Å². The Labute approximate surface area is 185 Å². The predicted octanol–water partition coefficient (Wildman–Crippen LogP) is 4.49. The molecule has 32 heavy (non-hydrogen) atoms. The molecule has 0 bridgehead atoms. The molecule has 6 nitrogen and oxygen atoms in total. The Morgan fingerprint density at radius 3 is 2.47 bits per heavy atom. The largest absolute Gasteiger partial charge is 0.508 e. The van der Waals surface area contributed by atoms with Gasteiger partial charge in [-0.05, 0) is 72.7 Å². The van der Waals surface area contributed by atoms with Crippen molar-refractivity contribution < 1.29 is 24.2 Å². The highest BCUT2D eigenvalue weighted by atomic mass is 16.3. The molecule has 1 aromatic heterocycles. The van der Waals surface area contributed by atoms with Gasteiger partial charge in [0.15, 0.2) is 0 Å². The second kappa shape index (κ2) is 8.04. The maximum absolute atomic E-state index is 13.1. The average molecular weight is 429 g/mol. The highest BCUT2D eigenvalue weighted by Crippen LogP contribution is 2.41. The molecule has 2 aliphatic rings. The number of fused-ring (bicyclic) bond motifs is 1. The van der Waals surface area contributed by atoms with Gasteiger partial charge in [-0.3, -0.25) is 9.59 Å². The summed E-state index contributed by atoms with van der Waals surface area (Å²) in [6, 6.07) is 14.7. The summed E-state index contributed by atoms with van der Waals surface area (Å²) < 4.78 is 5.40. The molecule has 1 aliphatic carbocycles. The van der Waals surface area contributed by atoms with Crippen molar-refractivity contribution in [3.05, 3.63) is 94.4 Å². The Morgan fingerprint density at radius 1 is 1.00 bits per heavy atom. The molecule has 6 heteroatoms. The van der Waals surface area contributed by atoms with Crippen LogP contribution in [0.15, 0.2) is 70.9 Å². The Kier molecular flexibility index (Phi) is 5.05. The van der Waals surface area contributed by atoms with E-state index in [4.69, 9.17) is 4.42 Å².